The molecular weight excluding hydrogens is 290 g/mol. The fourth-order valence-electron chi connectivity index (χ4n) is 2.22. The lowest BCUT2D eigenvalue weighted by Crippen LogP contribution is -1.89. The first-order chi connectivity index (χ1) is 11.7. The molecule has 0 atom stereocenters. The molecule has 0 unspecified atom stereocenters. The normalized spacial score (nSPS) is 9.38. The van der Waals surface area contributed by atoms with Crippen LogP contribution in [0.3, 0.4) is 0 Å². The third-order valence-corrected chi connectivity index (χ3v) is 3.61. The van der Waals surface area contributed by atoms with Crippen LogP contribution in [0.15, 0.2) is 72.8 Å². The summed E-state index contributed by atoms with van der Waals surface area (Å²) in [6, 6.07) is 23.7. The van der Waals surface area contributed by atoms with Crippen molar-refractivity contribution < 1.29 is 0 Å². The number of nitrogens with two attached hydrogens (primary N) is 1. The fraction of sp³-hybridized carbons (Fsp3) is 0.0435. The SMILES string of the molecule is Cc1ccc(C#Cc2ccccc2C#Cc2ccccc2N)cc1. The van der Waals surface area contributed by atoms with E-state index in [2.05, 4.69) is 42.7 Å². The summed E-state index contributed by atoms with van der Waals surface area (Å²) in [5, 5.41) is 0. The third kappa shape index (κ3) is 3.86. The summed E-state index contributed by atoms with van der Waals surface area (Å²) in [4.78, 5) is 0. The number of hydrogen-bond acceptors (Lipinski definition) is 1. The van der Waals surface area contributed by atoms with Crippen LogP contribution in [0.1, 0.15) is 27.8 Å². The summed E-state index contributed by atoms with van der Waals surface area (Å²) in [6.45, 7) is 2.07. The first kappa shape index (κ1) is 15.5. The molecule has 3 aromatic rings. The van der Waals surface area contributed by atoms with Crippen LogP contribution >= 0.6 is 0 Å². The lowest BCUT2D eigenvalue weighted by atomic mass is 10.1. The topological polar surface area (TPSA) is 26.0 Å². The summed E-state index contributed by atoms with van der Waals surface area (Å²) < 4.78 is 0. The molecule has 1 nitrogen and oxygen atoms in total. The van der Waals surface area contributed by atoms with Crippen LogP contribution in [0.5, 0.6) is 0 Å². The van der Waals surface area contributed by atoms with Crippen LogP contribution in [0.25, 0.3) is 0 Å². The summed E-state index contributed by atoms with van der Waals surface area (Å²) in [7, 11) is 0. The van der Waals surface area contributed by atoms with Gasteiger partial charge in [-0.3, -0.25) is 0 Å². The Bertz CT molecular complexity index is 974. The highest BCUT2D eigenvalue weighted by Gasteiger charge is 1.96. The molecular formula is C23H17N. The van der Waals surface area contributed by atoms with Gasteiger partial charge < -0.3 is 5.73 Å². The van der Waals surface area contributed by atoms with Crippen molar-refractivity contribution in [3.63, 3.8) is 0 Å². The number of anilines is 1. The number of nitrogen functional groups attached to an aromatic ring is 1. The maximum Gasteiger partial charge on any atom is 0.0478 e. The molecule has 0 heterocycles. The van der Waals surface area contributed by atoms with E-state index in [0.29, 0.717) is 5.69 Å². The molecule has 0 aliphatic carbocycles. The molecule has 0 fully saturated rings. The molecule has 0 aliphatic rings. The van der Waals surface area contributed by atoms with E-state index >= 15 is 0 Å². The Labute approximate surface area is 143 Å². The molecule has 1 heteroatoms. The fourth-order valence-corrected chi connectivity index (χ4v) is 2.22. The van der Waals surface area contributed by atoms with Gasteiger partial charge in [0.15, 0.2) is 0 Å². The maximum absolute atomic E-state index is 5.94. The van der Waals surface area contributed by atoms with E-state index in [9.17, 15) is 0 Å². The van der Waals surface area contributed by atoms with Gasteiger partial charge in [0.05, 0.1) is 0 Å². The second kappa shape index (κ2) is 7.23. The minimum Gasteiger partial charge on any atom is -0.398 e. The van der Waals surface area contributed by atoms with Crippen molar-refractivity contribution >= 4 is 5.69 Å². The predicted octanol–water partition coefficient (Wildman–Crippen LogP) is 4.38. The Hall–Kier alpha value is -3.42. The van der Waals surface area contributed by atoms with Gasteiger partial charge in [0.2, 0.25) is 0 Å². The Morgan fingerprint density at radius 2 is 1.08 bits per heavy atom. The average molecular weight is 307 g/mol. The van der Waals surface area contributed by atoms with Crippen LogP contribution in [0.4, 0.5) is 5.69 Å². The molecule has 0 saturated carbocycles. The monoisotopic (exact) mass is 307 g/mol. The molecule has 2 N–H and O–H groups in total. The maximum atomic E-state index is 5.94. The van der Waals surface area contributed by atoms with Gasteiger partial charge >= 0.3 is 0 Å². The zero-order valence-electron chi connectivity index (χ0n) is 13.5. The zero-order valence-corrected chi connectivity index (χ0v) is 13.5. The van der Waals surface area contributed by atoms with Crippen LogP contribution < -0.4 is 5.73 Å². The van der Waals surface area contributed by atoms with E-state index in [4.69, 9.17) is 5.73 Å². The van der Waals surface area contributed by atoms with E-state index in [0.717, 1.165) is 22.3 Å². The van der Waals surface area contributed by atoms with Crippen molar-refractivity contribution in [1.29, 1.82) is 0 Å². The second-order valence-electron chi connectivity index (χ2n) is 5.50. The Morgan fingerprint density at radius 1 is 0.583 bits per heavy atom. The first-order valence-corrected chi connectivity index (χ1v) is 7.76. The Kier molecular flexibility index (Phi) is 4.66. The standard InChI is InChI=1S/C23H17N/c1-18-10-12-19(13-11-18)14-15-20-6-2-3-7-21(20)16-17-22-8-4-5-9-23(22)24/h2-13H,24H2,1H3. The minimum atomic E-state index is 0.688. The highest BCUT2D eigenvalue weighted by atomic mass is 14.5. The van der Waals surface area contributed by atoms with Gasteiger partial charge in [0, 0.05) is 27.9 Å². The second-order valence-corrected chi connectivity index (χ2v) is 5.50. The molecule has 0 aromatic heterocycles. The summed E-state index contributed by atoms with van der Waals surface area (Å²) in [5.74, 6) is 12.7. The Morgan fingerprint density at radius 3 is 1.71 bits per heavy atom. The molecule has 0 radical (unpaired) electrons. The molecule has 3 aromatic carbocycles. The van der Waals surface area contributed by atoms with Gasteiger partial charge in [-0.25, -0.2) is 0 Å². The van der Waals surface area contributed by atoms with Crippen molar-refractivity contribution in [2.45, 2.75) is 6.92 Å². The average Bonchev–Trinajstić information content (AvgIpc) is 2.61. The van der Waals surface area contributed by atoms with Crippen molar-refractivity contribution in [3.05, 3.63) is 101 Å². The lowest BCUT2D eigenvalue weighted by molar-refractivity contribution is 1.46. The van der Waals surface area contributed by atoms with E-state index in [1.165, 1.54) is 5.56 Å². The van der Waals surface area contributed by atoms with Crippen LogP contribution in [0.2, 0.25) is 0 Å². The molecule has 3 rings (SSSR count). The van der Waals surface area contributed by atoms with E-state index in [1.54, 1.807) is 0 Å². The van der Waals surface area contributed by atoms with Crippen LogP contribution in [-0.2, 0) is 0 Å². The van der Waals surface area contributed by atoms with E-state index in [1.807, 2.05) is 60.7 Å². The number of aryl methyl sites for hydroxylation is 1. The van der Waals surface area contributed by atoms with Crippen molar-refractivity contribution in [3.8, 4) is 23.7 Å². The quantitative estimate of drug-likeness (QED) is 0.484. The summed E-state index contributed by atoms with van der Waals surface area (Å²) >= 11 is 0. The number of para-hydroxylation sites is 1. The van der Waals surface area contributed by atoms with Crippen molar-refractivity contribution in [2.75, 3.05) is 5.73 Å². The third-order valence-electron chi connectivity index (χ3n) is 3.61. The van der Waals surface area contributed by atoms with Gasteiger partial charge in [-0.05, 0) is 43.3 Å². The summed E-state index contributed by atoms with van der Waals surface area (Å²) in [6.07, 6.45) is 0. The first-order valence-electron chi connectivity index (χ1n) is 7.76. The lowest BCUT2D eigenvalue weighted by Gasteiger charge is -1.97. The summed E-state index contributed by atoms with van der Waals surface area (Å²) in [5.41, 5.74) is 11.5. The van der Waals surface area contributed by atoms with Crippen LogP contribution in [-0.4, -0.2) is 0 Å². The minimum absolute atomic E-state index is 0.688. The molecule has 24 heavy (non-hydrogen) atoms. The molecule has 0 amide bonds. The number of rotatable bonds is 0. The van der Waals surface area contributed by atoms with Crippen molar-refractivity contribution in [2.24, 2.45) is 0 Å². The largest absolute Gasteiger partial charge is 0.398 e. The van der Waals surface area contributed by atoms with E-state index in [-0.39, 0.29) is 0 Å². The smallest absolute Gasteiger partial charge is 0.0478 e. The highest BCUT2D eigenvalue weighted by Crippen LogP contribution is 2.11. The van der Waals surface area contributed by atoms with Gasteiger partial charge in [-0.1, -0.05) is 65.6 Å². The van der Waals surface area contributed by atoms with Gasteiger partial charge in [0.1, 0.15) is 0 Å². The van der Waals surface area contributed by atoms with Crippen LogP contribution in [0, 0.1) is 30.6 Å². The predicted molar refractivity (Wildman–Crippen MR) is 100 cm³/mol. The number of benzene rings is 3. The zero-order chi connectivity index (χ0) is 16.8. The van der Waals surface area contributed by atoms with Gasteiger partial charge in [-0.15, -0.1) is 0 Å². The van der Waals surface area contributed by atoms with Crippen molar-refractivity contribution in [1.82, 2.24) is 0 Å². The number of hydrogen-bond donors (Lipinski definition) is 1. The Balaban J connectivity index is 1.93. The van der Waals surface area contributed by atoms with E-state index < -0.39 is 0 Å². The molecule has 0 aliphatic heterocycles. The molecule has 0 saturated heterocycles. The van der Waals surface area contributed by atoms with Gasteiger partial charge in [-0.2, -0.15) is 0 Å². The highest BCUT2D eigenvalue weighted by molar-refractivity contribution is 5.59. The molecule has 0 bridgehead atoms. The molecule has 0 spiro atoms. The molecule has 114 valence electrons. The van der Waals surface area contributed by atoms with Gasteiger partial charge in [0.25, 0.3) is 0 Å².